The van der Waals surface area contributed by atoms with Gasteiger partial charge in [-0.25, -0.2) is 13.5 Å². The molecule has 18 heavy (non-hydrogen) atoms. The van der Waals surface area contributed by atoms with Crippen LogP contribution in [0.4, 0.5) is 27.6 Å². The SMILES string of the molecule is Nc1cc(F)c(F)cc1-n1ccc(C(F)(F)F)n1. The summed E-state index contributed by atoms with van der Waals surface area (Å²) < 4.78 is 63.5. The Balaban J connectivity index is 2.50. The van der Waals surface area contributed by atoms with E-state index in [0.29, 0.717) is 18.2 Å². The van der Waals surface area contributed by atoms with Gasteiger partial charge in [0.2, 0.25) is 0 Å². The Morgan fingerprint density at radius 3 is 2.28 bits per heavy atom. The van der Waals surface area contributed by atoms with Crippen LogP contribution in [0.15, 0.2) is 24.4 Å². The molecule has 1 aromatic carbocycles. The number of nitrogens with two attached hydrogens (primary N) is 1. The number of hydrogen-bond donors (Lipinski definition) is 1. The van der Waals surface area contributed by atoms with Gasteiger partial charge in [0, 0.05) is 18.3 Å². The number of anilines is 1. The molecule has 0 aliphatic heterocycles. The predicted octanol–water partition coefficient (Wildman–Crippen LogP) is 2.75. The molecule has 0 saturated carbocycles. The topological polar surface area (TPSA) is 43.8 Å². The molecule has 0 spiro atoms. The van der Waals surface area contributed by atoms with E-state index in [0.717, 1.165) is 10.9 Å². The van der Waals surface area contributed by atoms with E-state index >= 15 is 0 Å². The average Bonchev–Trinajstić information content (AvgIpc) is 2.72. The van der Waals surface area contributed by atoms with Gasteiger partial charge in [-0.3, -0.25) is 0 Å². The van der Waals surface area contributed by atoms with Crippen molar-refractivity contribution >= 4 is 5.69 Å². The smallest absolute Gasteiger partial charge is 0.397 e. The number of halogens is 5. The minimum atomic E-state index is -4.61. The first-order chi connectivity index (χ1) is 8.29. The van der Waals surface area contributed by atoms with Crippen molar-refractivity contribution < 1.29 is 22.0 Å². The number of nitrogen functional groups attached to an aromatic ring is 1. The lowest BCUT2D eigenvalue weighted by Crippen LogP contribution is -2.08. The molecule has 0 saturated heterocycles. The summed E-state index contributed by atoms with van der Waals surface area (Å²) >= 11 is 0. The van der Waals surface area contributed by atoms with Crippen LogP contribution in [0.3, 0.4) is 0 Å². The molecular weight excluding hydrogens is 257 g/mol. The van der Waals surface area contributed by atoms with E-state index in [2.05, 4.69) is 5.10 Å². The lowest BCUT2D eigenvalue weighted by Gasteiger charge is -2.07. The van der Waals surface area contributed by atoms with Crippen molar-refractivity contribution in [2.24, 2.45) is 0 Å². The molecule has 96 valence electrons. The normalized spacial score (nSPS) is 11.8. The Morgan fingerprint density at radius 1 is 1.11 bits per heavy atom. The number of benzene rings is 1. The minimum Gasteiger partial charge on any atom is -0.397 e. The molecule has 0 unspecified atom stereocenters. The molecular formula is C10H6F5N3. The van der Waals surface area contributed by atoms with Crippen molar-refractivity contribution in [1.82, 2.24) is 9.78 Å². The van der Waals surface area contributed by atoms with Crippen molar-refractivity contribution in [3.05, 3.63) is 41.7 Å². The van der Waals surface area contributed by atoms with Gasteiger partial charge in [0.05, 0.1) is 11.4 Å². The van der Waals surface area contributed by atoms with E-state index in [1.165, 1.54) is 0 Å². The largest absolute Gasteiger partial charge is 0.435 e. The zero-order chi connectivity index (χ0) is 13.5. The lowest BCUT2D eigenvalue weighted by molar-refractivity contribution is -0.141. The van der Waals surface area contributed by atoms with Gasteiger partial charge in [0.15, 0.2) is 17.3 Å². The molecule has 3 nitrogen and oxygen atoms in total. The average molecular weight is 263 g/mol. The second-order valence-electron chi connectivity index (χ2n) is 3.47. The van der Waals surface area contributed by atoms with Gasteiger partial charge < -0.3 is 5.73 Å². The van der Waals surface area contributed by atoms with E-state index in [9.17, 15) is 22.0 Å². The van der Waals surface area contributed by atoms with Gasteiger partial charge in [0.1, 0.15) is 0 Å². The monoisotopic (exact) mass is 263 g/mol. The van der Waals surface area contributed by atoms with Crippen molar-refractivity contribution in [2.45, 2.75) is 6.18 Å². The van der Waals surface area contributed by atoms with Crippen LogP contribution in [-0.4, -0.2) is 9.78 Å². The number of aromatic nitrogens is 2. The minimum absolute atomic E-state index is 0.163. The fourth-order valence-corrected chi connectivity index (χ4v) is 1.36. The molecule has 0 bridgehead atoms. The molecule has 2 rings (SSSR count). The summed E-state index contributed by atoms with van der Waals surface area (Å²) in [5, 5.41) is 3.21. The fraction of sp³-hybridized carbons (Fsp3) is 0.100. The van der Waals surface area contributed by atoms with Crippen molar-refractivity contribution in [1.29, 1.82) is 0 Å². The molecule has 0 atom stereocenters. The van der Waals surface area contributed by atoms with Crippen LogP contribution in [0, 0.1) is 11.6 Å². The molecule has 0 radical (unpaired) electrons. The summed E-state index contributed by atoms with van der Waals surface area (Å²) in [7, 11) is 0. The van der Waals surface area contributed by atoms with Crippen LogP contribution in [0.25, 0.3) is 5.69 Å². The van der Waals surface area contributed by atoms with Gasteiger partial charge in [-0.2, -0.15) is 18.3 Å². The Hall–Kier alpha value is -2.12. The van der Waals surface area contributed by atoms with E-state index in [1.54, 1.807) is 0 Å². The number of alkyl halides is 3. The molecule has 1 aromatic heterocycles. The first-order valence-corrected chi connectivity index (χ1v) is 4.67. The van der Waals surface area contributed by atoms with Crippen LogP contribution >= 0.6 is 0 Å². The molecule has 0 aliphatic rings. The van der Waals surface area contributed by atoms with Crippen LogP contribution < -0.4 is 5.73 Å². The summed E-state index contributed by atoms with van der Waals surface area (Å²) in [6.07, 6.45) is -3.65. The molecule has 2 N–H and O–H groups in total. The van der Waals surface area contributed by atoms with Gasteiger partial charge in [-0.1, -0.05) is 0 Å². The number of rotatable bonds is 1. The quantitative estimate of drug-likeness (QED) is 0.635. The third kappa shape index (κ3) is 2.13. The highest BCUT2D eigenvalue weighted by Gasteiger charge is 2.33. The first kappa shape index (κ1) is 12.3. The molecule has 0 fully saturated rings. The highest BCUT2D eigenvalue weighted by molar-refractivity contribution is 5.57. The van der Waals surface area contributed by atoms with Crippen LogP contribution in [0.2, 0.25) is 0 Å². The summed E-state index contributed by atoms with van der Waals surface area (Å²) in [5.41, 5.74) is 3.87. The van der Waals surface area contributed by atoms with E-state index in [-0.39, 0.29) is 11.4 Å². The third-order valence-electron chi connectivity index (χ3n) is 2.20. The highest BCUT2D eigenvalue weighted by Crippen LogP contribution is 2.29. The molecule has 1 heterocycles. The Morgan fingerprint density at radius 2 is 1.72 bits per heavy atom. The lowest BCUT2D eigenvalue weighted by atomic mass is 10.2. The van der Waals surface area contributed by atoms with Crippen molar-refractivity contribution in [3.63, 3.8) is 0 Å². The summed E-state index contributed by atoms with van der Waals surface area (Å²) in [6, 6.07) is 2.07. The van der Waals surface area contributed by atoms with Crippen LogP contribution in [0.1, 0.15) is 5.69 Å². The zero-order valence-corrected chi connectivity index (χ0v) is 8.67. The Bertz CT molecular complexity index is 588. The highest BCUT2D eigenvalue weighted by atomic mass is 19.4. The Labute approximate surface area is 97.6 Å². The summed E-state index contributed by atoms with van der Waals surface area (Å²) in [6.45, 7) is 0. The summed E-state index contributed by atoms with van der Waals surface area (Å²) in [5.74, 6) is -2.40. The Kier molecular flexibility index (Phi) is 2.72. The van der Waals surface area contributed by atoms with Crippen molar-refractivity contribution in [3.8, 4) is 5.69 Å². The van der Waals surface area contributed by atoms with Gasteiger partial charge in [0.25, 0.3) is 0 Å². The second kappa shape index (κ2) is 3.97. The number of hydrogen-bond acceptors (Lipinski definition) is 2. The molecule has 2 aromatic rings. The maximum atomic E-state index is 13.0. The van der Waals surface area contributed by atoms with Gasteiger partial charge in [-0.15, -0.1) is 0 Å². The van der Waals surface area contributed by atoms with Gasteiger partial charge in [-0.05, 0) is 6.07 Å². The fourth-order valence-electron chi connectivity index (χ4n) is 1.36. The summed E-state index contributed by atoms with van der Waals surface area (Å²) in [4.78, 5) is 0. The van der Waals surface area contributed by atoms with Gasteiger partial charge >= 0.3 is 6.18 Å². The standard InChI is InChI=1S/C10H6F5N3/c11-5-3-7(16)8(4-6(5)12)18-2-1-9(17-18)10(13,14)15/h1-4H,16H2. The van der Waals surface area contributed by atoms with Crippen molar-refractivity contribution in [2.75, 3.05) is 5.73 Å². The molecule has 0 amide bonds. The van der Waals surface area contributed by atoms with Crippen LogP contribution in [-0.2, 0) is 6.18 Å². The predicted molar refractivity (Wildman–Crippen MR) is 52.9 cm³/mol. The maximum Gasteiger partial charge on any atom is 0.435 e. The molecule has 8 heteroatoms. The van der Waals surface area contributed by atoms with Crippen LogP contribution in [0.5, 0.6) is 0 Å². The maximum absolute atomic E-state index is 13.0. The van der Waals surface area contributed by atoms with E-state index < -0.39 is 23.5 Å². The zero-order valence-electron chi connectivity index (χ0n) is 8.67. The third-order valence-corrected chi connectivity index (χ3v) is 2.20. The number of nitrogens with zero attached hydrogens (tertiary/aromatic N) is 2. The first-order valence-electron chi connectivity index (χ1n) is 4.67. The van der Waals surface area contributed by atoms with E-state index in [4.69, 9.17) is 5.73 Å². The van der Waals surface area contributed by atoms with E-state index in [1.807, 2.05) is 0 Å². The molecule has 0 aliphatic carbocycles. The second-order valence-corrected chi connectivity index (χ2v) is 3.47.